The number of anilines is 2. The number of carbonyl (C=O) groups is 1. The van der Waals surface area contributed by atoms with Crippen molar-refractivity contribution in [1.29, 1.82) is 0 Å². The number of β-amino-alcohol motifs (C(OH)–C–C–N with tert-alkyl or cyclic N) is 1. The van der Waals surface area contributed by atoms with E-state index in [1.165, 1.54) is 0 Å². The quantitative estimate of drug-likeness (QED) is 0.698. The van der Waals surface area contributed by atoms with Gasteiger partial charge in [-0.15, -0.1) is 0 Å². The molecule has 0 aliphatic carbocycles. The third kappa shape index (κ3) is 5.15. The van der Waals surface area contributed by atoms with Crippen molar-refractivity contribution in [2.24, 2.45) is 5.92 Å². The van der Waals surface area contributed by atoms with Gasteiger partial charge in [0, 0.05) is 37.3 Å². The lowest BCUT2D eigenvalue weighted by atomic mass is 9.95. The van der Waals surface area contributed by atoms with Gasteiger partial charge in [0.25, 0.3) is 0 Å². The Hall–Kier alpha value is -2.25. The Morgan fingerprint density at radius 2 is 1.94 bits per heavy atom. The fraction of sp³-hybridized carbons (Fsp3) is 0.565. The number of hydrogen-bond acceptors (Lipinski definition) is 6. The Morgan fingerprint density at radius 1 is 1.19 bits per heavy atom. The van der Waals surface area contributed by atoms with Gasteiger partial charge in [0.2, 0.25) is 0 Å². The van der Waals surface area contributed by atoms with Crippen LogP contribution in [0, 0.1) is 5.92 Å². The number of carbonyl (C=O) groups excluding carboxylic acids is 1. The SMILES string of the molecule is C[C@H]1C[C@@H](NC(=O)OC(C)(C)C)CN(c2nc(Cl)cc3cc(N4CC(O)C4)ccc23)C1. The monoisotopic (exact) mass is 446 g/mol. The number of ether oxygens (including phenoxy) is 1. The molecule has 2 saturated heterocycles. The molecule has 7 nitrogen and oxygen atoms in total. The first-order valence-corrected chi connectivity index (χ1v) is 11.2. The highest BCUT2D eigenvalue weighted by Crippen LogP contribution is 2.34. The third-order valence-electron chi connectivity index (χ3n) is 5.67. The van der Waals surface area contributed by atoms with Crippen molar-refractivity contribution in [1.82, 2.24) is 10.3 Å². The standard InChI is InChI=1S/C23H31ClN4O3/c1-14-7-16(25-22(30)31-23(2,3)4)11-28(10-14)21-19-6-5-17(27-12-18(29)13-27)8-15(19)9-20(24)26-21/h5-6,8-9,14,16,18,29H,7,10-13H2,1-4H3,(H,25,30)/t14-,16+/m0/s1. The predicted molar refractivity (Wildman–Crippen MR) is 124 cm³/mol. The Balaban J connectivity index is 1.57. The molecule has 2 aliphatic rings. The van der Waals surface area contributed by atoms with Gasteiger partial charge in [-0.2, -0.15) is 0 Å². The van der Waals surface area contributed by atoms with Crippen molar-refractivity contribution in [3.63, 3.8) is 0 Å². The molecule has 2 aromatic rings. The molecule has 2 N–H and O–H groups in total. The zero-order valence-corrected chi connectivity index (χ0v) is 19.3. The van der Waals surface area contributed by atoms with E-state index in [0.717, 1.165) is 35.2 Å². The lowest BCUT2D eigenvalue weighted by Gasteiger charge is -2.39. The summed E-state index contributed by atoms with van der Waals surface area (Å²) < 4.78 is 5.44. The molecule has 1 aromatic carbocycles. The molecule has 2 fully saturated rings. The molecule has 4 rings (SSSR count). The molecule has 1 aromatic heterocycles. The van der Waals surface area contributed by atoms with Crippen molar-refractivity contribution in [2.45, 2.75) is 51.9 Å². The smallest absolute Gasteiger partial charge is 0.407 e. The molecule has 0 unspecified atom stereocenters. The number of nitrogens with one attached hydrogen (secondary N) is 1. The predicted octanol–water partition coefficient (Wildman–Crippen LogP) is 3.81. The van der Waals surface area contributed by atoms with Crippen LogP contribution in [0.5, 0.6) is 0 Å². The van der Waals surface area contributed by atoms with Gasteiger partial charge in [-0.3, -0.25) is 0 Å². The van der Waals surface area contributed by atoms with Crippen LogP contribution in [0.1, 0.15) is 34.1 Å². The number of pyridine rings is 1. The first-order valence-electron chi connectivity index (χ1n) is 10.8. The molecule has 31 heavy (non-hydrogen) atoms. The maximum absolute atomic E-state index is 12.3. The van der Waals surface area contributed by atoms with Crippen LogP contribution in [0.4, 0.5) is 16.3 Å². The first-order chi connectivity index (χ1) is 14.6. The Morgan fingerprint density at radius 3 is 2.61 bits per heavy atom. The van der Waals surface area contributed by atoms with Crippen LogP contribution >= 0.6 is 11.6 Å². The van der Waals surface area contributed by atoms with E-state index in [2.05, 4.69) is 45.2 Å². The van der Waals surface area contributed by atoms with Crippen molar-refractivity contribution >= 4 is 40.0 Å². The zero-order chi connectivity index (χ0) is 22.3. The van der Waals surface area contributed by atoms with E-state index < -0.39 is 11.7 Å². The number of amides is 1. The van der Waals surface area contributed by atoms with Crippen LogP contribution in [0.25, 0.3) is 10.8 Å². The molecule has 0 radical (unpaired) electrons. The number of aliphatic hydroxyl groups is 1. The summed E-state index contributed by atoms with van der Waals surface area (Å²) in [6, 6.07) is 8.09. The van der Waals surface area contributed by atoms with Crippen molar-refractivity contribution in [2.75, 3.05) is 36.0 Å². The summed E-state index contributed by atoms with van der Waals surface area (Å²) >= 11 is 6.39. The van der Waals surface area contributed by atoms with Crippen LogP contribution in [0.15, 0.2) is 24.3 Å². The van der Waals surface area contributed by atoms with E-state index in [9.17, 15) is 9.90 Å². The normalized spacial score (nSPS) is 22.4. The molecule has 2 aliphatic heterocycles. The summed E-state index contributed by atoms with van der Waals surface area (Å²) in [4.78, 5) is 21.3. The number of rotatable bonds is 3. The number of benzene rings is 1. The lowest BCUT2D eigenvalue weighted by molar-refractivity contribution is 0.0495. The number of piperidine rings is 1. The van der Waals surface area contributed by atoms with Crippen LogP contribution < -0.4 is 15.1 Å². The maximum atomic E-state index is 12.3. The number of aliphatic hydroxyl groups excluding tert-OH is 1. The molecule has 0 spiro atoms. The summed E-state index contributed by atoms with van der Waals surface area (Å²) in [7, 11) is 0. The summed E-state index contributed by atoms with van der Waals surface area (Å²) in [6.45, 7) is 10.5. The minimum atomic E-state index is -0.529. The Bertz CT molecular complexity index is 971. The van der Waals surface area contributed by atoms with Crippen LogP contribution in [-0.2, 0) is 4.74 Å². The number of alkyl carbamates (subject to hydrolysis) is 1. The second-order valence-electron chi connectivity index (χ2n) is 9.82. The number of fused-ring (bicyclic) bond motifs is 1. The highest BCUT2D eigenvalue weighted by atomic mass is 35.5. The molecular weight excluding hydrogens is 416 g/mol. The van der Waals surface area contributed by atoms with E-state index in [4.69, 9.17) is 16.3 Å². The lowest BCUT2D eigenvalue weighted by Crippen LogP contribution is -2.51. The van der Waals surface area contributed by atoms with Gasteiger partial charge in [0.1, 0.15) is 16.6 Å². The van der Waals surface area contributed by atoms with Crippen LogP contribution in [0.3, 0.4) is 0 Å². The van der Waals surface area contributed by atoms with Gasteiger partial charge in [0.05, 0.1) is 12.1 Å². The van der Waals surface area contributed by atoms with Gasteiger partial charge in [-0.05, 0) is 62.8 Å². The number of nitrogens with zero attached hydrogens (tertiary/aromatic N) is 3. The van der Waals surface area contributed by atoms with Crippen LogP contribution in [0.2, 0.25) is 5.15 Å². The highest BCUT2D eigenvalue weighted by molar-refractivity contribution is 6.30. The van der Waals surface area contributed by atoms with Gasteiger partial charge in [-0.25, -0.2) is 9.78 Å². The van der Waals surface area contributed by atoms with E-state index in [1.807, 2.05) is 26.8 Å². The van der Waals surface area contributed by atoms with E-state index in [0.29, 0.717) is 30.7 Å². The molecule has 1 amide bonds. The van der Waals surface area contributed by atoms with Gasteiger partial charge >= 0.3 is 6.09 Å². The Kier molecular flexibility index (Phi) is 5.92. The topological polar surface area (TPSA) is 77.9 Å². The minimum Gasteiger partial charge on any atom is -0.444 e. The van der Waals surface area contributed by atoms with Crippen molar-refractivity contribution in [3.8, 4) is 0 Å². The Labute approximate surface area is 188 Å². The maximum Gasteiger partial charge on any atom is 0.407 e. The summed E-state index contributed by atoms with van der Waals surface area (Å²) in [5.74, 6) is 1.21. The molecule has 2 atom stereocenters. The first kappa shape index (κ1) is 22.0. The van der Waals surface area contributed by atoms with Gasteiger partial charge < -0.3 is 25.0 Å². The van der Waals surface area contributed by atoms with E-state index in [1.54, 1.807) is 0 Å². The molecule has 3 heterocycles. The second-order valence-corrected chi connectivity index (χ2v) is 10.2. The van der Waals surface area contributed by atoms with E-state index >= 15 is 0 Å². The fourth-order valence-electron chi connectivity index (χ4n) is 4.40. The van der Waals surface area contributed by atoms with Crippen molar-refractivity contribution in [3.05, 3.63) is 29.4 Å². The second kappa shape index (κ2) is 8.36. The molecule has 0 saturated carbocycles. The highest BCUT2D eigenvalue weighted by Gasteiger charge is 2.30. The molecule has 168 valence electrons. The number of aromatic nitrogens is 1. The zero-order valence-electron chi connectivity index (χ0n) is 18.6. The van der Waals surface area contributed by atoms with Gasteiger partial charge in [0.15, 0.2) is 0 Å². The summed E-state index contributed by atoms with van der Waals surface area (Å²) in [6.07, 6.45) is 0.240. The summed E-state index contributed by atoms with van der Waals surface area (Å²) in [5.41, 5.74) is 0.543. The average molecular weight is 447 g/mol. The van der Waals surface area contributed by atoms with E-state index in [-0.39, 0.29) is 12.1 Å². The molecule has 0 bridgehead atoms. The van der Waals surface area contributed by atoms with Crippen molar-refractivity contribution < 1.29 is 14.6 Å². The minimum absolute atomic E-state index is 0.0312. The largest absolute Gasteiger partial charge is 0.444 e. The third-order valence-corrected chi connectivity index (χ3v) is 5.86. The number of halogens is 1. The fourth-order valence-corrected chi connectivity index (χ4v) is 4.60. The average Bonchev–Trinajstić information content (AvgIpc) is 2.62. The van der Waals surface area contributed by atoms with Crippen LogP contribution in [-0.4, -0.2) is 60.1 Å². The number of hydrogen-bond donors (Lipinski definition) is 2. The van der Waals surface area contributed by atoms with Gasteiger partial charge in [-0.1, -0.05) is 18.5 Å². The molecule has 8 heteroatoms. The molecular formula is C23H31ClN4O3. The summed E-state index contributed by atoms with van der Waals surface area (Å²) in [5, 5.41) is 15.1.